The molecule has 2 aromatic rings. The minimum atomic E-state index is -0.396. The summed E-state index contributed by atoms with van der Waals surface area (Å²) in [6.07, 6.45) is 0. The normalized spacial score (nSPS) is 10.5. The van der Waals surface area contributed by atoms with Gasteiger partial charge in [0.2, 0.25) is 11.8 Å². The fraction of sp³-hybridized carbons (Fsp3) is 0.318. The third-order valence-electron chi connectivity index (χ3n) is 4.08. The highest BCUT2D eigenvalue weighted by Gasteiger charge is 2.20. The fourth-order valence-corrected chi connectivity index (χ4v) is 2.81. The van der Waals surface area contributed by atoms with Crippen molar-refractivity contribution in [1.82, 2.24) is 10.2 Å². The van der Waals surface area contributed by atoms with Crippen molar-refractivity contribution in [1.29, 1.82) is 0 Å². The monoisotopic (exact) mass is 415 g/mol. The van der Waals surface area contributed by atoms with Crippen LogP contribution in [0, 0.1) is 12.8 Å². The van der Waals surface area contributed by atoms with Crippen LogP contribution in [0.5, 0.6) is 0 Å². The summed E-state index contributed by atoms with van der Waals surface area (Å²) in [5.41, 5.74) is 2.21. The lowest BCUT2D eigenvalue weighted by Gasteiger charge is -2.24. The summed E-state index contributed by atoms with van der Waals surface area (Å²) in [6, 6.07) is 13.9. The molecule has 154 valence electrons. The van der Waals surface area contributed by atoms with E-state index in [1.165, 1.54) is 4.90 Å². The van der Waals surface area contributed by atoms with Gasteiger partial charge < -0.3 is 15.5 Å². The van der Waals surface area contributed by atoms with Crippen LogP contribution in [0.15, 0.2) is 48.5 Å². The number of aryl methyl sites for hydroxylation is 1. The standard InChI is InChI=1S/C22H26ClN3O3/c1-15(2)13-26(22(29)17-6-8-18(23)9-7-17)14-21(28)24-12-20(27)25-19-10-4-16(3)5-11-19/h4-11,15H,12-14H2,1-3H3,(H,24,28)(H,25,27). The van der Waals surface area contributed by atoms with E-state index in [-0.39, 0.29) is 30.8 Å². The van der Waals surface area contributed by atoms with Crippen LogP contribution in [0.1, 0.15) is 29.8 Å². The van der Waals surface area contributed by atoms with Crippen molar-refractivity contribution < 1.29 is 14.4 Å². The van der Waals surface area contributed by atoms with Gasteiger partial charge in [-0.2, -0.15) is 0 Å². The molecule has 0 heterocycles. The number of anilines is 1. The highest BCUT2D eigenvalue weighted by molar-refractivity contribution is 6.30. The number of hydrogen-bond donors (Lipinski definition) is 2. The number of nitrogens with one attached hydrogen (secondary N) is 2. The lowest BCUT2D eigenvalue weighted by atomic mass is 10.1. The number of nitrogens with zero attached hydrogens (tertiary/aromatic N) is 1. The third kappa shape index (κ3) is 7.58. The minimum Gasteiger partial charge on any atom is -0.345 e. The van der Waals surface area contributed by atoms with Gasteiger partial charge in [0.1, 0.15) is 0 Å². The maximum atomic E-state index is 12.8. The van der Waals surface area contributed by atoms with E-state index in [0.717, 1.165) is 5.56 Å². The second-order valence-electron chi connectivity index (χ2n) is 7.28. The third-order valence-corrected chi connectivity index (χ3v) is 4.33. The maximum Gasteiger partial charge on any atom is 0.254 e. The van der Waals surface area contributed by atoms with E-state index in [4.69, 9.17) is 11.6 Å². The molecule has 0 bridgehead atoms. The lowest BCUT2D eigenvalue weighted by Crippen LogP contribution is -2.44. The lowest BCUT2D eigenvalue weighted by molar-refractivity contribution is -0.124. The van der Waals surface area contributed by atoms with Crippen molar-refractivity contribution >= 4 is 35.0 Å². The molecule has 6 nitrogen and oxygen atoms in total. The van der Waals surface area contributed by atoms with E-state index in [9.17, 15) is 14.4 Å². The van der Waals surface area contributed by atoms with Crippen LogP contribution < -0.4 is 10.6 Å². The van der Waals surface area contributed by atoms with Crippen LogP contribution >= 0.6 is 11.6 Å². The molecule has 0 spiro atoms. The van der Waals surface area contributed by atoms with E-state index in [2.05, 4.69) is 10.6 Å². The molecule has 0 aliphatic rings. The summed E-state index contributed by atoms with van der Waals surface area (Å²) >= 11 is 5.87. The first kappa shape index (κ1) is 22.4. The van der Waals surface area contributed by atoms with Gasteiger partial charge in [-0.05, 0) is 49.2 Å². The van der Waals surface area contributed by atoms with E-state index in [0.29, 0.717) is 22.8 Å². The van der Waals surface area contributed by atoms with E-state index in [1.54, 1.807) is 36.4 Å². The van der Waals surface area contributed by atoms with Crippen molar-refractivity contribution in [3.8, 4) is 0 Å². The molecule has 2 N–H and O–H groups in total. The molecule has 0 saturated carbocycles. The topological polar surface area (TPSA) is 78.5 Å². The summed E-state index contributed by atoms with van der Waals surface area (Å²) in [6.45, 7) is 6.02. The molecule has 0 saturated heterocycles. The molecule has 0 aromatic heterocycles. The van der Waals surface area contributed by atoms with Gasteiger partial charge in [-0.3, -0.25) is 14.4 Å². The molecule has 2 aromatic carbocycles. The molecule has 0 atom stereocenters. The molecule has 3 amide bonds. The Balaban J connectivity index is 1.91. The molecular formula is C22H26ClN3O3. The van der Waals surface area contributed by atoms with Crippen LogP contribution in [0.25, 0.3) is 0 Å². The predicted molar refractivity (Wildman–Crippen MR) is 115 cm³/mol. The second-order valence-corrected chi connectivity index (χ2v) is 7.71. The van der Waals surface area contributed by atoms with Gasteiger partial charge in [-0.15, -0.1) is 0 Å². The first-order valence-electron chi connectivity index (χ1n) is 9.42. The number of rotatable bonds is 8. The number of halogens is 1. The van der Waals surface area contributed by atoms with E-state index in [1.807, 2.05) is 32.9 Å². The summed E-state index contributed by atoms with van der Waals surface area (Å²) in [4.78, 5) is 38.6. The molecule has 2 rings (SSSR count). The largest absolute Gasteiger partial charge is 0.345 e. The molecule has 0 aliphatic carbocycles. The predicted octanol–water partition coefficient (Wildman–Crippen LogP) is 3.50. The van der Waals surface area contributed by atoms with Crippen LogP contribution in [0.4, 0.5) is 5.69 Å². The van der Waals surface area contributed by atoms with Gasteiger partial charge in [-0.1, -0.05) is 43.1 Å². The fourth-order valence-electron chi connectivity index (χ4n) is 2.69. The molecule has 0 aliphatic heterocycles. The highest BCUT2D eigenvalue weighted by Crippen LogP contribution is 2.13. The van der Waals surface area contributed by atoms with Gasteiger partial charge in [-0.25, -0.2) is 0 Å². The Morgan fingerprint density at radius 1 is 0.966 bits per heavy atom. The number of hydrogen-bond acceptors (Lipinski definition) is 3. The zero-order valence-electron chi connectivity index (χ0n) is 16.9. The van der Waals surface area contributed by atoms with Crippen molar-refractivity contribution in [2.75, 3.05) is 25.0 Å². The Bertz CT molecular complexity index is 849. The van der Waals surface area contributed by atoms with Gasteiger partial charge in [0.15, 0.2) is 0 Å². The average molecular weight is 416 g/mol. The number of amides is 3. The number of carbonyl (C=O) groups is 3. The van der Waals surface area contributed by atoms with E-state index >= 15 is 0 Å². The maximum absolute atomic E-state index is 12.8. The Morgan fingerprint density at radius 2 is 1.59 bits per heavy atom. The molecule has 0 unspecified atom stereocenters. The summed E-state index contributed by atoms with van der Waals surface area (Å²) in [5.74, 6) is -0.799. The number of benzene rings is 2. The SMILES string of the molecule is Cc1ccc(NC(=O)CNC(=O)CN(CC(C)C)C(=O)c2ccc(Cl)cc2)cc1. The average Bonchev–Trinajstić information content (AvgIpc) is 2.67. The van der Waals surface area contributed by atoms with Crippen molar-refractivity contribution in [3.05, 3.63) is 64.7 Å². The summed E-state index contributed by atoms with van der Waals surface area (Å²) in [7, 11) is 0. The zero-order valence-corrected chi connectivity index (χ0v) is 17.6. The summed E-state index contributed by atoms with van der Waals surface area (Å²) in [5, 5.41) is 5.82. The smallest absolute Gasteiger partial charge is 0.254 e. The Hall–Kier alpha value is -2.86. The van der Waals surface area contributed by atoms with Gasteiger partial charge in [0, 0.05) is 22.8 Å². The molecule has 7 heteroatoms. The van der Waals surface area contributed by atoms with Crippen molar-refractivity contribution in [3.63, 3.8) is 0 Å². The second kappa shape index (κ2) is 10.6. The highest BCUT2D eigenvalue weighted by atomic mass is 35.5. The van der Waals surface area contributed by atoms with Crippen molar-refractivity contribution in [2.24, 2.45) is 5.92 Å². The molecular weight excluding hydrogens is 390 g/mol. The number of carbonyl (C=O) groups excluding carboxylic acids is 3. The van der Waals surface area contributed by atoms with E-state index < -0.39 is 5.91 Å². The van der Waals surface area contributed by atoms with Crippen LogP contribution in [-0.2, 0) is 9.59 Å². The Kier molecular flexibility index (Phi) is 8.21. The minimum absolute atomic E-state index is 0.128. The Morgan fingerprint density at radius 3 is 2.17 bits per heavy atom. The molecule has 0 fully saturated rings. The van der Waals surface area contributed by atoms with Gasteiger partial charge in [0.05, 0.1) is 13.1 Å². The zero-order chi connectivity index (χ0) is 21.4. The van der Waals surface area contributed by atoms with Gasteiger partial charge in [0.25, 0.3) is 5.91 Å². The molecule has 29 heavy (non-hydrogen) atoms. The van der Waals surface area contributed by atoms with Gasteiger partial charge >= 0.3 is 0 Å². The van der Waals surface area contributed by atoms with Crippen molar-refractivity contribution in [2.45, 2.75) is 20.8 Å². The molecule has 0 radical (unpaired) electrons. The quantitative estimate of drug-likeness (QED) is 0.692. The van der Waals surface area contributed by atoms with Crippen LogP contribution in [0.3, 0.4) is 0 Å². The first-order valence-corrected chi connectivity index (χ1v) is 9.80. The summed E-state index contributed by atoms with van der Waals surface area (Å²) < 4.78 is 0. The Labute approximate surface area is 176 Å². The van der Waals surface area contributed by atoms with Crippen LogP contribution in [-0.4, -0.2) is 42.3 Å². The van der Waals surface area contributed by atoms with Crippen LogP contribution in [0.2, 0.25) is 5.02 Å². The first-order chi connectivity index (χ1) is 13.7.